The molecule has 1 atom stereocenters. The van der Waals surface area contributed by atoms with E-state index in [2.05, 4.69) is 39.5 Å². The summed E-state index contributed by atoms with van der Waals surface area (Å²) >= 11 is 12.6. The number of piperidine rings is 1. The van der Waals surface area contributed by atoms with Gasteiger partial charge in [0.1, 0.15) is 0 Å². The van der Waals surface area contributed by atoms with E-state index < -0.39 is 0 Å². The SMILES string of the molecule is O=C(NCc1ccc(Cn2ccnc2)cc1)C1CCCN(Cc2c(Cl)cccc2Cl)C1. The number of likely N-dealkylation sites (tertiary alicyclic amines) is 1. The zero-order chi connectivity index (χ0) is 21.6. The number of halogens is 2. The molecule has 1 aliphatic heterocycles. The van der Waals surface area contributed by atoms with Gasteiger partial charge >= 0.3 is 0 Å². The topological polar surface area (TPSA) is 50.2 Å². The lowest BCUT2D eigenvalue weighted by atomic mass is 9.96. The number of carbonyl (C=O) groups is 1. The van der Waals surface area contributed by atoms with Gasteiger partial charge in [-0.25, -0.2) is 4.98 Å². The molecule has 2 aromatic carbocycles. The highest BCUT2D eigenvalue weighted by Crippen LogP contribution is 2.27. The van der Waals surface area contributed by atoms with E-state index in [0.717, 1.165) is 43.6 Å². The Morgan fingerprint density at radius 1 is 1.06 bits per heavy atom. The van der Waals surface area contributed by atoms with Crippen molar-refractivity contribution in [3.63, 3.8) is 0 Å². The number of rotatable bonds is 7. The molecule has 1 aromatic heterocycles. The molecule has 7 heteroatoms. The molecule has 1 aliphatic rings. The van der Waals surface area contributed by atoms with Crippen molar-refractivity contribution in [1.82, 2.24) is 19.8 Å². The zero-order valence-electron chi connectivity index (χ0n) is 17.3. The fourth-order valence-electron chi connectivity index (χ4n) is 4.01. The maximum absolute atomic E-state index is 12.8. The largest absolute Gasteiger partial charge is 0.352 e. The number of carbonyl (C=O) groups excluding carboxylic acids is 1. The molecule has 0 bridgehead atoms. The van der Waals surface area contributed by atoms with Crippen LogP contribution in [0.1, 0.15) is 29.5 Å². The third-order valence-electron chi connectivity index (χ3n) is 5.73. The summed E-state index contributed by atoms with van der Waals surface area (Å²) in [5, 5.41) is 4.46. The Morgan fingerprint density at radius 2 is 1.81 bits per heavy atom. The monoisotopic (exact) mass is 456 g/mol. The van der Waals surface area contributed by atoms with Gasteiger partial charge in [-0.2, -0.15) is 0 Å². The fourth-order valence-corrected chi connectivity index (χ4v) is 4.52. The van der Waals surface area contributed by atoms with Crippen LogP contribution in [0, 0.1) is 5.92 Å². The Bertz CT molecular complexity index is 985. The molecule has 0 saturated carbocycles. The highest BCUT2D eigenvalue weighted by atomic mass is 35.5. The molecule has 1 saturated heterocycles. The summed E-state index contributed by atoms with van der Waals surface area (Å²) in [6.07, 6.45) is 7.42. The highest BCUT2D eigenvalue weighted by Gasteiger charge is 2.26. The molecule has 4 rings (SSSR count). The van der Waals surface area contributed by atoms with E-state index in [1.165, 1.54) is 5.56 Å². The normalized spacial score (nSPS) is 16.9. The van der Waals surface area contributed by atoms with Gasteiger partial charge in [-0.15, -0.1) is 0 Å². The van der Waals surface area contributed by atoms with Gasteiger partial charge < -0.3 is 9.88 Å². The maximum atomic E-state index is 12.8. The number of hydrogen-bond donors (Lipinski definition) is 1. The van der Waals surface area contributed by atoms with Crippen LogP contribution in [-0.2, 0) is 24.4 Å². The Labute approximate surface area is 193 Å². The predicted octanol–water partition coefficient (Wildman–Crippen LogP) is 4.77. The van der Waals surface area contributed by atoms with Crippen LogP contribution in [0.15, 0.2) is 61.2 Å². The van der Waals surface area contributed by atoms with Gasteiger partial charge in [-0.05, 0) is 42.6 Å². The average Bonchev–Trinajstić information content (AvgIpc) is 3.29. The van der Waals surface area contributed by atoms with Crippen LogP contribution < -0.4 is 5.32 Å². The van der Waals surface area contributed by atoms with Gasteiger partial charge in [0.2, 0.25) is 5.91 Å². The second-order valence-corrected chi connectivity index (χ2v) is 8.86. The molecular formula is C24H26Cl2N4O. The van der Waals surface area contributed by atoms with E-state index in [1.807, 2.05) is 29.0 Å². The first-order valence-electron chi connectivity index (χ1n) is 10.5. The van der Waals surface area contributed by atoms with Gasteiger partial charge in [0.15, 0.2) is 0 Å². The fraction of sp³-hybridized carbons (Fsp3) is 0.333. The Balaban J connectivity index is 1.28. The molecule has 0 aliphatic carbocycles. The van der Waals surface area contributed by atoms with Gasteiger partial charge in [0.05, 0.1) is 12.2 Å². The third kappa shape index (κ3) is 5.88. The second-order valence-electron chi connectivity index (χ2n) is 8.04. The first-order chi connectivity index (χ1) is 15.1. The van der Waals surface area contributed by atoms with E-state index in [1.54, 1.807) is 12.5 Å². The zero-order valence-corrected chi connectivity index (χ0v) is 18.8. The van der Waals surface area contributed by atoms with E-state index in [4.69, 9.17) is 23.2 Å². The van der Waals surface area contributed by atoms with Crippen molar-refractivity contribution in [2.45, 2.75) is 32.5 Å². The number of hydrogen-bond acceptors (Lipinski definition) is 3. The molecule has 0 radical (unpaired) electrons. The molecule has 5 nitrogen and oxygen atoms in total. The number of aromatic nitrogens is 2. The number of imidazole rings is 1. The minimum Gasteiger partial charge on any atom is -0.352 e. The third-order valence-corrected chi connectivity index (χ3v) is 6.44. The summed E-state index contributed by atoms with van der Waals surface area (Å²) in [6, 6.07) is 13.9. The van der Waals surface area contributed by atoms with Crippen LogP contribution in [-0.4, -0.2) is 33.4 Å². The summed E-state index contributed by atoms with van der Waals surface area (Å²) in [7, 11) is 0. The summed E-state index contributed by atoms with van der Waals surface area (Å²) in [5.41, 5.74) is 3.23. The van der Waals surface area contributed by atoms with E-state index >= 15 is 0 Å². The first-order valence-corrected chi connectivity index (χ1v) is 11.3. The Hall–Kier alpha value is -2.34. The van der Waals surface area contributed by atoms with Gasteiger partial charge in [-0.1, -0.05) is 53.5 Å². The van der Waals surface area contributed by atoms with Crippen molar-refractivity contribution < 1.29 is 4.79 Å². The minimum atomic E-state index is -0.0180. The van der Waals surface area contributed by atoms with Crippen LogP contribution >= 0.6 is 23.2 Å². The molecule has 1 N–H and O–H groups in total. The van der Waals surface area contributed by atoms with Crippen molar-refractivity contribution in [1.29, 1.82) is 0 Å². The van der Waals surface area contributed by atoms with E-state index in [-0.39, 0.29) is 11.8 Å². The summed E-state index contributed by atoms with van der Waals surface area (Å²) in [4.78, 5) is 19.1. The first kappa shape index (κ1) is 21.9. The smallest absolute Gasteiger partial charge is 0.224 e. The molecule has 1 unspecified atom stereocenters. The van der Waals surface area contributed by atoms with Crippen molar-refractivity contribution in [3.8, 4) is 0 Å². The van der Waals surface area contributed by atoms with Crippen LogP contribution in [0.2, 0.25) is 10.0 Å². The molecule has 1 fully saturated rings. The number of nitrogens with one attached hydrogen (secondary N) is 1. The lowest BCUT2D eigenvalue weighted by Gasteiger charge is -2.32. The Kier molecular flexibility index (Phi) is 7.28. The Morgan fingerprint density at radius 3 is 2.52 bits per heavy atom. The molecule has 3 aromatic rings. The molecule has 0 spiro atoms. The summed E-state index contributed by atoms with van der Waals surface area (Å²) < 4.78 is 2.03. The van der Waals surface area contributed by atoms with Gasteiger partial charge in [0.25, 0.3) is 0 Å². The molecule has 31 heavy (non-hydrogen) atoms. The summed E-state index contributed by atoms with van der Waals surface area (Å²) in [6.45, 7) is 3.67. The molecule has 2 heterocycles. The average molecular weight is 457 g/mol. The van der Waals surface area contributed by atoms with Crippen LogP contribution in [0.4, 0.5) is 0 Å². The number of amides is 1. The minimum absolute atomic E-state index is 0.0180. The lowest BCUT2D eigenvalue weighted by molar-refractivity contribution is -0.126. The number of nitrogens with zero attached hydrogens (tertiary/aromatic N) is 3. The van der Waals surface area contributed by atoms with Gasteiger partial charge in [0, 0.05) is 54.2 Å². The van der Waals surface area contributed by atoms with E-state index in [9.17, 15) is 4.79 Å². The molecule has 162 valence electrons. The lowest BCUT2D eigenvalue weighted by Crippen LogP contribution is -2.42. The number of benzene rings is 2. The maximum Gasteiger partial charge on any atom is 0.224 e. The van der Waals surface area contributed by atoms with Crippen molar-refractivity contribution in [2.24, 2.45) is 5.92 Å². The van der Waals surface area contributed by atoms with Crippen molar-refractivity contribution >= 4 is 29.1 Å². The summed E-state index contributed by atoms with van der Waals surface area (Å²) in [5.74, 6) is 0.0907. The quantitative estimate of drug-likeness (QED) is 0.556. The molecule has 1 amide bonds. The second kappa shape index (κ2) is 10.3. The van der Waals surface area contributed by atoms with E-state index in [0.29, 0.717) is 23.1 Å². The van der Waals surface area contributed by atoms with Crippen LogP contribution in [0.25, 0.3) is 0 Å². The molecular weight excluding hydrogens is 431 g/mol. The standard InChI is InChI=1S/C24H26Cl2N4O/c25-22-4-1-5-23(26)21(22)16-29-11-2-3-20(15-29)24(31)28-13-18-6-8-19(9-7-18)14-30-12-10-27-17-30/h1,4-10,12,17,20H,2-3,11,13-16H2,(H,28,31). The van der Waals surface area contributed by atoms with Crippen molar-refractivity contribution in [2.75, 3.05) is 13.1 Å². The van der Waals surface area contributed by atoms with Crippen LogP contribution in [0.3, 0.4) is 0 Å². The van der Waals surface area contributed by atoms with Gasteiger partial charge in [-0.3, -0.25) is 9.69 Å². The van der Waals surface area contributed by atoms with Crippen molar-refractivity contribution in [3.05, 3.63) is 87.9 Å². The van der Waals surface area contributed by atoms with Crippen LogP contribution in [0.5, 0.6) is 0 Å². The predicted molar refractivity (Wildman–Crippen MR) is 124 cm³/mol. The highest BCUT2D eigenvalue weighted by molar-refractivity contribution is 6.35.